The maximum atomic E-state index is 12.1. The number of aromatic nitrogens is 3. The number of rotatable bonds is 2. The summed E-state index contributed by atoms with van der Waals surface area (Å²) in [4.78, 5) is 23.1. The Hall–Kier alpha value is -5.52. The van der Waals surface area contributed by atoms with E-state index < -0.39 is 5.63 Å². The minimum Gasteiger partial charge on any atom is -0.422 e. The summed E-state index contributed by atoms with van der Waals surface area (Å²) < 4.78 is 12.2. The molecule has 0 radical (unpaired) electrons. The van der Waals surface area contributed by atoms with E-state index in [1.165, 1.54) is 4.68 Å². The topological polar surface area (TPSA) is 91.1 Å². The normalized spacial score (nSPS) is 10.2. The van der Waals surface area contributed by atoms with Crippen molar-refractivity contribution in [3.05, 3.63) is 158 Å². The van der Waals surface area contributed by atoms with Crippen molar-refractivity contribution in [1.29, 1.82) is 0 Å². The molecule has 0 atom stereocenters. The summed E-state index contributed by atoms with van der Waals surface area (Å²) in [6.45, 7) is 0. The van der Waals surface area contributed by atoms with Crippen LogP contribution in [0, 0.1) is 12.3 Å². The van der Waals surface area contributed by atoms with Gasteiger partial charge in [0.2, 0.25) is 0 Å². The Bertz CT molecular complexity index is 2110. The molecule has 0 amide bonds. The first-order valence-electron chi connectivity index (χ1n) is 12.7. The van der Waals surface area contributed by atoms with E-state index in [4.69, 9.17) is 15.3 Å². The van der Waals surface area contributed by atoms with Gasteiger partial charge in [-0.3, -0.25) is 0 Å². The minimum absolute atomic E-state index is 0.339. The van der Waals surface area contributed by atoms with Crippen LogP contribution in [0.4, 0.5) is 0 Å². The third kappa shape index (κ3) is 6.78. The molecule has 0 spiro atoms. The van der Waals surface area contributed by atoms with Gasteiger partial charge in [0.1, 0.15) is 21.3 Å². The number of hydrogen-bond acceptors (Lipinski definition) is 6. The van der Waals surface area contributed by atoms with Gasteiger partial charge in [0, 0.05) is 21.9 Å². The average molecular weight is 616 g/mol. The van der Waals surface area contributed by atoms with Crippen LogP contribution in [0.1, 0.15) is 5.56 Å². The van der Waals surface area contributed by atoms with Crippen LogP contribution >= 0.6 is 15.9 Å². The highest BCUT2D eigenvalue weighted by molar-refractivity contribution is 9.10. The second-order valence-electron chi connectivity index (χ2n) is 8.80. The van der Waals surface area contributed by atoms with E-state index in [-0.39, 0.29) is 5.63 Å². The highest BCUT2D eigenvalue weighted by Gasteiger charge is 2.10. The third-order valence-electron chi connectivity index (χ3n) is 5.97. The molecule has 0 fully saturated rings. The van der Waals surface area contributed by atoms with Gasteiger partial charge in [0.25, 0.3) is 0 Å². The van der Waals surface area contributed by atoms with Gasteiger partial charge in [-0.2, -0.15) is 0 Å². The fourth-order valence-corrected chi connectivity index (χ4v) is 4.23. The van der Waals surface area contributed by atoms with Crippen molar-refractivity contribution in [3.63, 3.8) is 0 Å². The molecule has 0 saturated carbocycles. The van der Waals surface area contributed by atoms with Crippen LogP contribution in [0.3, 0.4) is 0 Å². The van der Waals surface area contributed by atoms with Gasteiger partial charge >= 0.3 is 11.3 Å². The van der Waals surface area contributed by atoms with Gasteiger partial charge in [-0.1, -0.05) is 96.1 Å². The second-order valence-corrected chi connectivity index (χ2v) is 9.66. The molecule has 0 N–H and O–H groups in total. The zero-order valence-electron chi connectivity index (χ0n) is 22.1. The van der Waals surface area contributed by atoms with Crippen molar-refractivity contribution in [2.45, 2.75) is 0 Å². The molecule has 0 aliphatic carbocycles. The molecule has 7 aromatic rings. The van der Waals surface area contributed by atoms with Gasteiger partial charge < -0.3 is 8.83 Å². The summed E-state index contributed by atoms with van der Waals surface area (Å²) in [5.74, 6) is 2.53. The summed E-state index contributed by atoms with van der Waals surface area (Å²) in [6.07, 6.45) is 6.82. The molecule has 0 bridgehead atoms. The van der Waals surface area contributed by atoms with Crippen LogP contribution < -0.4 is 11.3 Å². The number of nitrogens with zero attached hydrogens (tertiary/aromatic N) is 3. The largest absolute Gasteiger partial charge is 0.422 e. The lowest BCUT2D eigenvalue weighted by molar-refractivity contribution is 0.550. The van der Waals surface area contributed by atoms with Crippen molar-refractivity contribution in [1.82, 2.24) is 15.0 Å². The Kier molecular flexibility index (Phi) is 8.82. The molecule has 8 heteroatoms. The predicted octanol–water partition coefficient (Wildman–Crippen LogP) is 7.26. The maximum Gasteiger partial charge on any atom is 0.362 e. The average Bonchev–Trinajstić information content (AvgIpc) is 3.53. The summed E-state index contributed by atoms with van der Waals surface area (Å²) in [5.41, 5.74) is 3.32. The summed E-state index contributed by atoms with van der Waals surface area (Å²) in [6, 6.07) is 37.5. The van der Waals surface area contributed by atoms with Gasteiger partial charge in [-0.25, -0.2) is 14.3 Å². The molecule has 3 heterocycles. The minimum atomic E-state index is -0.441. The van der Waals surface area contributed by atoms with E-state index in [9.17, 15) is 9.59 Å². The molecule has 3 aromatic heterocycles. The van der Waals surface area contributed by atoms with Crippen molar-refractivity contribution in [2.75, 3.05) is 0 Å². The fraction of sp³-hybridized carbons (Fsp3) is 0. The quantitative estimate of drug-likeness (QED) is 0.150. The molecule has 7 nitrogen and oxygen atoms in total. The Labute approximate surface area is 248 Å². The molecule has 0 aliphatic heterocycles. The monoisotopic (exact) mass is 615 g/mol. The van der Waals surface area contributed by atoms with Gasteiger partial charge in [-0.15, -0.1) is 11.5 Å². The fourth-order valence-electron chi connectivity index (χ4n) is 3.90. The first-order chi connectivity index (χ1) is 20.5. The van der Waals surface area contributed by atoms with Crippen molar-refractivity contribution in [3.8, 4) is 29.3 Å². The number of hydrogen-bond donors (Lipinski definition) is 0. The molecule has 0 unspecified atom stereocenters. The zero-order valence-corrected chi connectivity index (χ0v) is 23.6. The van der Waals surface area contributed by atoms with E-state index >= 15 is 0 Å². The Balaban J connectivity index is 0.000000147. The summed E-state index contributed by atoms with van der Waals surface area (Å²) in [7, 11) is 0. The van der Waals surface area contributed by atoms with Crippen LogP contribution in [0.2, 0.25) is 0 Å². The second kappa shape index (κ2) is 13.2. The van der Waals surface area contributed by atoms with E-state index in [1.807, 2.05) is 97.1 Å². The molecular formula is C34H22BrN3O4. The number of fused-ring (bicyclic) bond motifs is 2. The molecule has 7 rings (SSSR count). The highest BCUT2D eigenvalue weighted by Crippen LogP contribution is 2.18. The third-order valence-corrected chi connectivity index (χ3v) is 6.52. The Morgan fingerprint density at radius 2 is 1.24 bits per heavy atom. The standard InChI is InChI=1S/C17H11N3O2.C9H5BrO2.C8H6/c21-17-15(10-13-8-4-5-9-16(13)22-17)20-11-14(18-19-20)12-6-2-1-3-7-12;10-7-5-6-3-1-2-4-8(6)12-9(7)11;1-2-8-6-4-3-5-7-8/h1-11H;1-5H;1,3-7H. The molecule has 0 saturated heterocycles. The lowest BCUT2D eigenvalue weighted by Gasteiger charge is -2.00. The van der Waals surface area contributed by atoms with Crippen LogP contribution in [0.25, 0.3) is 38.9 Å². The Morgan fingerprint density at radius 3 is 1.86 bits per heavy atom. The van der Waals surface area contributed by atoms with E-state index in [0.29, 0.717) is 27.0 Å². The van der Waals surface area contributed by atoms with Gasteiger partial charge in [-0.05, 0) is 52.3 Å². The van der Waals surface area contributed by atoms with Crippen LogP contribution in [0.15, 0.2) is 150 Å². The lowest BCUT2D eigenvalue weighted by Crippen LogP contribution is -2.10. The maximum absolute atomic E-state index is 12.1. The molecule has 204 valence electrons. The zero-order chi connectivity index (χ0) is 29.3. The first kappa shape index (κ1) is 28.0. The molecule has 42 heavy (non-hydrogen) atoms. The van der Waals surface area contributed by atoms with Crippen LogP contribution in [-0.4, -0.2) is 15.0 Å². The number of halogens is 1. The number of terminal acetylenes is 1. The molecule has 0 aliphatic rings. The predicted molar refractivity (Wildman–Crippen MR) is 167 cm³/mol. The van der Waals surface area contributed by atoms with Crippen molar-refractivity contribution >= 4 is 37.9 Å². The first-order valence-corrected chi connectivity index (χ1v) is 13.5. The van der Waals surface area contributed by atoms with Crippen molar-refractivity contribution < 1.29 is 8.83 Å². The molecule has 4 aromatic carbocycles. The van der Waals surface area contributed by atoms with Crippen LogP contribution in [-0.2, 0) is 0 Å². The number of para-hydroxylation sites is 2. The van der Waals surface area contributed by atoms with Gasteiger partial charge in [0.05, 0.1) is 6.20 Å². The van der Waals surface area contributed by atoms with Gasteiger partial charge in [0.15, 0.2) is 5.69 Å². The smallest absolute Gasteiger partial charge is 0.362 e. The summed E-state index contributed by atoms with van der Waals surface area (Å²) in [5, 5.41) is 9.92. The highest BCUT2D eigenvalue weighted by atomic mass is 79.9. The Morgan fingerprint density at radius 1 is 0.690 bits per heavy atom. The lowest BCUT2D eigenvalue weighted by atomic mass is 10.2. The van der Waals surface area contributed by atoms with E-state index in [0.717, 1.165) is 21.9 Å². The van der Waals surface area contributed by atoms with E-state index in [2.05, 4.69) is 32.2 Å². The van der Waals surface area contributed by atoms with E-state index in [1.54, 1.807) is 30.5 Å². The van der Waals surface area contributed by atoms with Crippen LogP contribution in [0.5, 0.6) is 0 Å². The SMILES string of the molecule is C#Cc1ccccc1.O=c1oc2ccccc2cc1-n1cc(-c2ccccc2)nn1.O=c1oc2ccccc2cc1Br. The summed E-state index contributed by atoms with van der Waals surface area (Å²) >= 11 is 3.11. The molecular weight excluding hydrogens is 594 g/mol. The van der Waals surface area contributed by atoms with Crippen molar-refractivity contribution in [2.24, 2.45) is 0 Å². The number of benzene rings is 4.